The standard InChI is InChI=1S/C7H3Cl2N.FH/c8-6-2-1-3-7(9)5(6)4-10;/h1-3H;1H. The summed E-state index contributed by atoms with van der Waals surface area (Å²) in [4.78, 5) is 0. The Morgan fingerprint density at radius 3 is 1.91 bits per heavy atom. The Morgan fingerprint density at radius 1 is 1.18 bits per heavy atom. The van der Waals surface area contributed by atoms with Crippen molar-refractivity contribution in [2.24, 2.45) is 0 Å². The number of halogens is 3. The molecule has 0 atom stereocenters. The van der Waals surface area contributed by atoms with Gasteiger partial charge in [-0.3, -0.25) is 4.70 Å². The summed E-state index contributed by atoms with van der Waals surface area (Å²) in [6.07, 6.45) is 0. The monoisotopic (exact) mass is 191 g/mol. The van der Waals surface area contributed by atoms with Crippen LogP contribution in [0, 0.1) is 11.3 Å². The molecule has 0 saturated carbocycles. The van der Waals surface area contributed by atoms with E-state index in [0.29, 0.717) is 15.6 Å². The third-order valence-electron chi connectivity index (χ3n) is 1.07. The van der Waals surface area contributed by atoms with Crippen LogP contribution in [-0.2, 0) is 0 Å². The fourth-order valence-corrected chi connectivity index (χ4v) is 1.09. The number of nitriles is 1. The van der Waals surface area contributed by atoms with Crippen molar-refractivity contribution in [3.63, 3.8) is 0 Å². The highest BCUT2D eigenvalue weighted by Gasteiger charge is 2.01. The van der Waals surface area contributed by atoms with Crippen molar-refractivity contribution in [3.05, 3.63) is 33.8 Å². The molecule has 0 spiro atoms. The summed E-state index contributed by atoms with van der Waals surface area (Å²) in [5.41, 5.74) is 0.339. The first-order chi connectivity index (χ1) is 4.75. The molecule has 0 aliphatic rings. The van der Waals surface area contributed by atoms with Gasteiger partial charge in [0.25, 0.3) is 0 Å². The number of nitrogens with zero attached hydrogens (tertiary/aromatic N) is 1. The van der Waals surface area contributed by atoms with Crippen molar-refractivity contribution in [2.75, 3.05) is 0 Å². The summed E-state index contributed by atoms with van der Waals surface area (Å²) in [5.74, 6) is 0. The molecule has 0 aliphatic heterocycles. The topological polar surface area (TPSA) is 23.8 Å². The first kappa shape index (κ1) is 10.2. The second kappa shape index (κ2) is 4.17. The van der Waals surface area contributed by atoms with E-state index in [1.165, 1.54) is 0 Å². The summed E-state index contributed by atoms with van der Waals surface area (Å²) < 4.78 is 0. The molecule has 0 bridgehead atoms. The quantitative estimate of drug-likeness (QED) is 0.619. The minimum absolute atomic E-state index is 0. The van der Waals surface area contributed by atoms with Crippen LogP contribution in [0.5, 0.6) is 0 Å². The summed E-state index contributed by atoms with van der Waals surface area (Å²) >= 11 is 11.2. The molecule has 1 rings (SSSR count). The predicted molar refractivity (Wildman–Crippen MR) is 43.7 cm³/mol. The zero-order valence-electron chi connectivity index (χ0n) is 5.34. The SMILES string of the molecule is F.N#Cc1c(Cl)cccc1Cl. The highest BCUT2D eigenvalue weighted by atomic mass is 35.5. The molecule has 1 aromatic rings. The van der Waals surface area contributed by atoms with E-state index in [-0.39, 0.29) is 4.70 Å². The molecule has 1 aromatic carbocycles. The van der Waals surface area contributed by atoms with Crippen molar-refractivity contribution in [1.29, 1.82) is 5.26 Å². The molecule has 0 radical (unpaired) electrons. The van der Waals surface area contributed by atoms with E-state index in [0.717, 1.165) is 0 Å². The fraction of sp³-hybridized carbons (Fsp3) is 0. The Hall–Kier alpha value is -0.780. The van der Waals surface area contributed by atoms with Crippen molar-refractivity contribution >= 4 is 23.2 Å². The molecule has 0 saturated heterocycles. The lowest BCUT2D eigenvalue weighted by Gasteiger charge is -1.94. The minimum atomic E-state index is 0. The van der Waals surface area contributed by atoms with Gasteiger partial charge in [0.05, 0.1) is 15.6 Å². The predicted octanol–water partition coefficient (Wildman–Crippen LogP) is 3.02. The zero-order valence-corrected chi connectivity index (χ0v) is 6.86. The van der Waals surface area contributed by atoms with E-state index in [9.17, 15) is 0 Å². The average molecular weight is 192 g/mol. The number of hydrogen-bond acceptors (Lipinski definition) is 1. The highest BCUT2D eigenvalue weighted by Crippen LogP contribution is 2.22. The van der Waals surface area contributed by atoms with Crippen LogP contribution in [-0.4, -0.2) is 0 Å². The first-order valence-electron chi connectivity index (χ1n) is 2.60. The third-order valence-corrected chi connectivity index (χ3v) is 1.70. The highest BCUT2D eigenvalue weighted by molar-refractivity contribution is 6.36. The van der Waals surface area contributed by atoms with Crippen LogP contribution >= 0.6 is 23.2 Å². The van der Waals surface area contributed by atoms with E-state index < -0.39 is 0 Å². The van der Waals surface area contributed by atoms with E-state index in [1.54, 1.807) is 18.2 Å². The maximum atomic E-state index is 8.48. The Bertz CT molecular complexity index is 273. The number of benzene rings is 1. The van der Waals surface area contributed by atoms with Crippen LogP contribution in [0.15, 0.2) is 18.2 Å². The number of hydrogen-bond donors (Lipinski definition) is 0. The molecule has 0 heterocycles. The zero-order chi connectivity index (χ0) is 7.56. The molecule has 58 valence electrons. The van der Waals surface area contributed by atoms with E-state index in [1.807, 2.05) is 6.07 Å². The van der Waals surface area contributed by atoms with Crippen molar-refractivity contribution in [1.82, 2.24) is 0 Å². The van der Waals surface area contributed by atoms with E-state index in [4.69, 9.17) is 28.5 Å². The summed E-state index contributed by atoms with van der Waals surface area (Å²) in [7, 11) is 0. The first-order valence-corrected chi connectivity index (χ1v) is 3.35. The molecule has 0 amide bonds. The molecule has 0 unspecified atom stereocenters. The van der Waals surface area contributed by atoms with E-state index >= 15 is 0 Å². The van der Waals surface area contributed by atoms with Gasteiger partial charge in [-0.1, -0.05) is 29.3 Å². The van der Waals surface area contributed by atoms with Crippen LogP contribution < -0.4 is 0 Å². The molecule has 4 heteroatoms. The molecule has 11 heavy (non-hydrogen) atoms. The summed E-state index contributed by atoms with van der Waals surface area (Å²) in [5, 5.41) is 9.28. The summed E-state index contributed by atoms with van der Waals surface area (Å²) in [6, 6.07) is 6.86. The second-order valence-corrected chi connectivity index (χ2v) is 2.52. The third kappa shape index (κ3) is 2.07. The summed E-state index contributed by atoms with van der Waals surface area (Å²) in [6.45, 7) is 0. The Labute approximate surface area is 73.5 Å². The molecular formula is C7H4Cl2FN. The maximum Gasteiger partial charge on any atom is 0.102 e. The van der Waals surface area contributed by atoms with Gasteiger partial charge in [-0.25, -0.2) is 0 Å². The molecule has 0 fully saturated rings. The van der Waals surface area contributed by atoms with Gasteiger partial charge in [-0.05, 0) is 12.1 Å². The average Bonchev–Trinajstić information content (AvgIpc) is 1.88. The van der Waals surface area contributed by atoms with E-state index in [2.05, 4.69) is 0 Å². The lowest BCUT2D eigenvalue weighted by Crippen LogP contribution is -1.76. The molecular weight excluding hydrogens is 188 g/mol. The normalized spacial score (nSPS) is 8.09. The van der Waals surface area contributed by atoms with Gasteiger partial charge in [0, 0.05) is 0 Å². The molecule has 1 nitrogen and oxygen atoms in total. The van der Waals surface area contributed by atoms with Gasteiger partial charge >= 0.3 is 0 Å². The smallest absolute Gasteiger partial charge is 0.102 e. The van der Waals surface area contributed by atoms with Gasteiger partial charge in [-0.15, -0.1) is 0 Å². The molecule has 0 aromatic heterocycles. The van der Waals surface area contributed by atoms with Crippen molar-refractivity contribution in [2.45, 2.75) is 0 Å². The molecule has 0 aliphatic carbocycles. The number of rotatable bonds is 0. The van der Waals surface area contributed by atoms with Crippen LogP contribution in [0.3, 0.4) is 0 Å². The van der Waals surface area contributed by atoms with Gasteiger partial charge in [0.2, 0.25) is 0 Å². The van der Waals surface area contributed by atoms with Gasteiger partial charge < -0.3 is 0 Å². The Morgan fingerprint density at radius 2 is 1.64 bits per heavy atom. The largest absolute Gasteiger partial charge is 0.269 e. The lowest BCUT2D eigenvalue weighted by atomic mass is 10.2. The van der Waals surface area contributed by atoms with Crippen molar-refractivity contribution in [3.8, 4) is 6.07 Å². The molecule has 0 N–H and O–H groups in total. The van der Waals surface area contributed by atoms with Gasteiger partial charge in [-0.2, -0.15) is 5.26 Å². The van der Waals surface area contributed by atoms with Crippen molar-refractivity contribution < 1.29 is 4.70 Å². The van der Waals surface area contributed by atoms with Crippen LogP contribution in [0.1, 0.15) is 5.56 Å². The lowest BCUT2D eigenvalue weighted by molar-refractivity contribution is 1.11. The van der Waals surface area contributed by atoms with Crippen LogP contribution in [0.2, 0.25) is 10.0 Å². The maximum absolute atomic E-state index is 8.48. The van der Waals surface area contributed by atoms with Gasteiger partial charge in [0.1, 0.15) is 6.07 Å². The minimum Gasteiger partial charge on any atom is -0.269 e. The van der Waals surface area contributed by atoms with Gasteiger partial charge in [0.15, 0.2) is 0 Å². The Kier molecular flexibility index (Phi) is 3.88. The van der Waals surface area contributed by atoms with Crippen LogP contribution in [0.4, 0.5) is 4.70 Å². The van der Waals surface area contributed by atoms with Crippen LogP contribution in [0.25, 0.3) is 0 Å². The Balaban J connectivity index is 0.000001000. The second-order valence-electron chi connectivity index (χ2n) is 1.71. The fourth-order valence-electron chi connectivity index (χ4n) is 0.605.